The van der Waals surface area contributed by atoms with Gasteiger partial charge in [0.05, 0.1) is 23.9 Å². The molecule has 1 aromatic rings. The molecule has 248 valence electrons. The van der Waals surface area contributed by atoms with Gasteiger partial charge in [-0.25, -0.2) is 0 Å². The van der Waals surface area contributed by atoms with Gasteiger partial charge >= 0.3 is 5.97 Å². The molecule has 3 fully saturated rings. The van der Waals surface area contributed by atoms with Crippen LogP contribution in [0.5, 0.6) is 5.75 Å². The van der Waals surface area contributed by atoms with Crippen LogP contribution in [0.3, 0.4) is 0 Å². The fourth-order valence-electron chi connectivity index (χ4n) is 10.1. The fraction of sp³-hybridized carbons (Fsp3) is 0.600. The van der Waals surface area contributed by atoms with Crippen LogP contribution >= 0.6 is 0 Å². The summed E-state index contributed by atoms with van der Waals surface area (Å²) < 4.78 is 6.30. The highest BCUT2D eigenvalue weighted by atomic mass is 16.5. The molecular formula is C35H44N2O9. The molecule has 0 saturated heterocycles. The van der Waals surface area contributed by atoms with E-state index in [0.717, 1.165) is 32.1 Å². The zero-order valence-electron chi connectivity index (χ0n) is 26.9. The molecule has 0 heterocycles. The van der Waals surface area contributed by atoms with E-state index < -0.39 is 76.0 Å². The number of primary amides is 1. The third-order valence-corrected chi connectivity index (χ3v) is 11.5. The highest BCUT2D eigenvalue weighted by Gasteiger charge is 2.69. The highest BCUT2D eigenvalue weighted by molar-refractivity contribution is 6.24. The van der Waals surface area contributed by atoms with Crippen molar-refractivity contribution in [3.8, 4) is 5.75 Å². The molecule has 8 atom stereocenters. The molecule has 6 rings (SSSR count). The number of aliphatic hydroxyl groups is 3. The molecule has 0 spiro atoms. The molecule has 46 heavy (non-hydrogen) atoms. The Morgan fingerprint density at radius 3 is 2.26 bits per heavy atom. The lowest BCUT2D eigenvalue weighted by atomic mass is 9.54. The lowest BCUT2D eigenvalue weighted by Crippen LogP contribution is -2.71. The van der Waals surface area contributed by atoms with Gasteiger partial charge in [0.1, 0.15) is 28.9 Å². The first-order valence-electron chi connectivity index (χ1n) is 16.2. The van der Waals surface area contributed by atoms with Crippen molar-refractivity contribution in [2.45, 2.75) is 83.0 Å². The Morgan fingerprint density at radius 1 is 1.04 bits per heavy atom. The van der Waals surface area contributed by atoms with Crippen LogP contribution in [0.15, 0.2) is 35.1 Å². The van der Waals surface area contributed by atoms with Gasteiger partial charge in [0.15, 0.2) is 11.4 Å². The van der Waals surface area contributed by atoms with Gasteiger partial charge in [-0.15, -0.1) is 0 Å². The zero-order valence-corrected chi connectivity index (χ0v) is 26.9. The first kappa shape index (κ1) is 32.2. The van der Waals surface area contributed by atoms with E-state index in [0.29, 0.717) is 23.3 Å². The van der Waals surface area contributed by atoms with Crippen LogP contribution in [0.4, 0.5) is 0 Å². The van der Waals surface area contributed by atoms with Crippen molar-refractivity contribution < 1.29 is 44.3 Å². The van der Waals surface area contributed by atoms with E-state index in [1.807, 2.05) is 0 Å². The highest BCUT2D eigenvalue weighted by Crippen LogP contribution is 2.57. The average Bonchev–Trinajstić information content (AvgIpc) is 2.93. The molecule has 1 amide bonds. The predicted octanol–water partition coefficient (Wildman–Crippen LogP) is 3.29. The quantitative estimate of drug-likeness (QED) is 0.237. The Kier molecular flexibility index (Phi) is 7.67. The molecule has 11 nitrogen and oxygen atoms in total. The number of carbonyl (C=O) groups excluding carboxylic acids is 4. The van der Waals surface area contributed by atoms with Crippen molar-refractivity contribution in [2.24, 2.45) is 40.7 Å². The van der Waals surface area contributed by atoms with Crippen LogP contribution < -0.4 is 5.73 Å². The lowest BCUT2D eigenvalue weighted by molar-refractivity contribution is -0.187. The van der Waals surface area contributed by atoms with Gasteiger partial charge in [-0.1, -0.05) is 32.9 Å². The van der Waals surface area contributed by atoms with Crippen molar-refractivity contribution in [1.82, 2.24) is 4.90 Å². The lowest BCUT2D eigenvalue weighted by Gasteiger charge is -2.54. The van der Waals surface area contributed by atoms with Crippen LogP contribution in [-0.2, 0) is 23.9 Å². The van der Waals surface area contributed by atoms with Gasteiger partial charge < -0.3 is 30.9 Å². The number of Topliss-reactive ketones (excluding diaryl/α,β-unsaturated/α-hetero) is 2. The number of hydrogen-bond acceptors (Lipinski definition) is 10. The number of fused-ring (bicyclic) bond motifs is 5. The number of esters is 1. The second kappa shape index (κ2) is 10.9. The Bertz CT molecular complexity index is 1580. The van der Waals surface area contributed by atoms with Crippen molar-refractivity contribution in [1.29, 1.82) is 0 Å². The van der Waals surface area contributed by atoms with Crippen LogP contribution in [-0.4, -0.2) is 80.6 Å². The van der Waals surface area contributed by atoms with Gasteiger partial charge in [0, 0.05) is 11.5 Å². The molecule has 2 bridgehead atoms. The third kappa shape index (κ3) is 4.68. The van der Waals surface area contributed by atoms with Crippen LogP contribution in [0.1, 0.15) is 76.3 Å². The standard InChI is InChI=1S/C35H44N2O9/c1-15-9-17-11-18(10-15)13-34(3,12-17)14-21(39)46-30-22-16(2)19-7-6-8-20(38)23(19)28(40)24(22)31(42)35(45)26(30)27(37(4)5)29(41)25(32(35)43)33(36)44/h6-8,15-18,22,26-27,30,38,40,43,45H,9-14H2,1-5H3,(H2,36,44)/t15?,16-,17?,18?,22-,26-,27+,30-,34?,35+/m0/s1. The Hall–Kier alpha value is -3.70. The van der Waals surface area contributed by atoms with E-state index >= 15 is 0 Å². The van der Waals surface area contributed by atoms with E-state index in [1.54, 1.807) is 19.1 Å². The second-order valence-electron chi connectivity index (χ2n) is 15.2. The SMILES string of the molecule is CC1CC2CC(C1)CC(C)(CC(=O)O[C@H]1[C@@H]3C(=C(O)c4c(O)cccc4[C@@H]3C)C(=O)[C@@]3(O)C(O)=C(C(N)=O)C(=O)[C@H](N(C)C)[C@@H]13)C2. The number of phenolic OH excluding ortho intramolecular Hbond substituents is 1. The smallest absolute Gasteiger partial charge is 0.306 e. The third-order valence-electron chi connectivity index (χ3n) is 11.5. The summed E-state index contributed by atoms with van der Waals surface area (Å²) in [4.78, 5) is 56.1. The summed E-state index contributed by atoms with van der Waals surface area (Å²) in [6, 6.07) is 3.21. The number of likely N-dealkylation sites (N-methyl/N-ethyl adjacent to an activating group) is 1. The zero-order chi connectivity index (χ0) is 33.6. The monoisotopic (exact) mass is 636 g/mol. The largest absolute Gasteiger partial charge is 0.508 e. The predicted molar refractivity (Wildman–Crippen MR) is 166 cm³/mol. The summed E-state index contributed by atoms with van der Waals surface area (Å²) in [6.45, 7) is 6.11. The summed E-state index contributed by atoms with van der Waals surface area (Å²) in [7, 11) is 3.02. The van der Waals surface area contributed by atoms with Gasteiger partial charge in [0.2, 0.25) is 5.78 Å². The van der Waals surface area contributed by atoms with Gasteiger partial charge in [-0.05, 0) is 86.9 Å². The summed E-state index contributed by atoms with van der Waals surface area (Å²) in [5.74, 6) is -7.80. The Morgan fingerprint density at radius 2 is 1.67 bits per heavy atom. The molecule has 5 aliphatic carbocycles. The average molecular weight is 637 g/mol. The summed E-state index contributed by atoms with van der Waals surface area (Å²) >= 11 is 0. The van der Waals surface area contributed by atoms with Crippen molar-refractivity contribution in [3.63, 3.8) is 0 Å². The molecule has 3 saturated carbocycles. The minimum Gasteiger partial charge on any atom is -0.508 e. The number of aliphatic hydroxyl groups excluding tert-OH is 2. The second-order valence-corrected chi connectivity index (χ2v) is 15.2. The van der Waals surface area contributed by atoms with E-state index in [2.05, 4.69) is 13.8 Å². The number of amides is 1. The maximum Gasteiger partial charge on any atom is 0.306 e. The molecule has 1 aromatic carbocycles. The van der Waals surface area contributed by atoms with Crippen LogP contribution in [0.25, 0.3) is 5.76 Å². The van der Waals surface area contributed by atoms with E-state index in [9.17, 15) is 39.6 Å². The van der Waals surface area contributed by atoms with Gasteiger partial charge in [-0.2, -0.15) is 0 Å². The Balaban J connectivity index is 1.49. The van der Waals surface area contributed by atoms with E-state index in [4.69, 9.17) is 10.5 Å². The number of nitrogens with zero attached hydrogens (tertiary/aromatic N) is 1. The molecule has 6 N–H and O–H groups in total. The summed E-state index contributed by atoms with van der Waals surface area (Å²) in [6.07, 6.45) is 3.76. The number of benzene rings is 1. The summed E-state index contributed by atoms with van der Waals surface area (Å²) in [5.41, 5.74) is 1.34. The number of phenols is 1. The van der Waals surface area contributed by atoms with Crippen LogP contribution in [0, 0.1) is 35.0 Å². The van der Waals surface area contributed by atoms with E-state index in [-0.39, 0.29) is 28.7 Å². The van der Waals surface area contributed by atoms with Crippen molar-refractivity contribution >= 4 is 29.2 Å². The van der Waals surface area contributed by atoms with Gasteiger partial charge in [0.25, 0.3) is 5.91 Å². The minimum absolute atomic E-state index is 0.0214. The van der Waals surface area contributed by atoms with E-state index in [1.165, 1.54) is 25.1 Å². The number of hydrogen-bond donors (Lipinski definition) is 5. The van der Waals surface area contributed by atoms with Gasteiger partial charge in [-0.3, -0.25) is 24.1 Å². The number of rotatable bonds is 5. The number of nitrogens with two attached hydrogens (primary N) is 1. The molecule has 11 heteroatoms. The normalized spacial score (nSPS) is 38.7. The maximum atomic E-state index is 14.4. The van der Waals surface area contributed by atoms with Crippen molar-refractivity contribution in [3.05, 3.63) is 46.2 Å². The molecule has 0 aromatic heterocycles. The first-order valence-corrected chi connectivity index (χ1v) is 16.2. The number of ketones is 2. The first-order chi connectivity index (χ1) is 21.5. The number of aromatic hydroxyl groups is 1. The van der Waals surface area contributed by atoms with Crippen molar-refractivity contribution in [2.75, 3.05) is 14.1 Å². The minimum atomic E-state index is -2.96. The molecule has 0 radical (unpaired) electrons. The molecule has 2 unspecified atom stereocenters. The molecule has 5 aliphatic rings. The summed E-state index contributed by atoms with van der Waals surface area (Å²) in [5, 5.41) is 45.9. The maximum absolute atomic E-state index is 14.4. The molecular weight excluding hydrogens is 592 g/mol. The van der Waals surface area contributed by atoms with Crippen LogP contribution in [0.2, 0.25) is 0 Å². The fourth-order valence-corrected chi connectivity index (χ4v) is 10.1. The topological polar surface area (TPSA) is 188 Å². The molecule has 0 aliphatic heterocycles. The Labute approximate surface area is 268 Å². The number of carbonyl (C=O) groups is 4. The number of ether oxygens (including phenoxy) is 1.